The van der Waals surface area contributed by atoms with Crippen molar-refractivity contribution >= 4 is 47.8 Å². The van der Waals surface area contributed by atoms with Gasteiger partial charge in [-0.25, -0.2) is 9.59 Å². The Kier molecular flexibility index (Phi) is 27.6. The fraction of sp³-hybridized carbons (Fsp3) is 0.890. The van der Waals surface area contributed by atoms with Crippen molar-refractivity contribution in [2.75, 3.05) is 0 Å². The van der Waals surface area contributed by atoms with Gasteiger partial charge < -0.3 is 66.3 Å². The molecule has 10 rings (SSSR count). The van der Waals surface area contributed by atoms with Gasteiger partial charge in [-0.15, -0.1) is 0 Å². The summed E-state index contributed by atoms with van der Waals surface area (Å²) in [5.74, 6) is -9.92. The first-order chi connectivity index (χ1) is 49.1. The van der Waals surface area contributed by atoms with Crippen molar-refractivity contribution in [1.82, 2.24) is 0 Å². The van der Waals surface area contributed by atoms with Crippen LogP contribution in [0.25, 0.3) is 0 Å². The number of ether oxygens (including phenoxy) is 14. The molecule has 6 heterocycles. The topological polar surface area (TPSA) is 266 Å². The molecule has 10 atom stereocenters. The van der Waals surface area contributed by atoms with E-state index in [1.54, 1.807) is 41.5 Å². The highest BCUT2D eigenvalue weighted by atomic mass is 19.4. The van der Waals surface area contributed by atoms with Crippen molar-refractivity contribution in [3.05, 3.63) is 0 Å². The van der Waals surface area contributed by atoms with Crippen molar-refractivity contribution in [2.45, 2.75) is 367 Å². The molecule has 0 radical (unpaired) electrons. The third-order valence-electron chi connectivity index (χ3n) is 23.2. The van der Waals surface area contributed by atoms with Crippen LogP contribution in [0.5, 0.6) is 0 Å². The van der Waals surface area contributed by atoms with Crippen molar-refractivity contribution in [3.63, 3.8) is 0 Å². The summed E-state index contributed by atoms with van der Waals surface area (Å²) in [5, 5.41) is 0. The molecule has 10 fully saturated rings. The molecule has 2 spiro atoms. The minimum Gasteiger partial charge on any atom is -0.459 e. The van der Waals surface area contributed by atoms with Gasteiger partial charge in [-0.3, -0.25) is 28.8 Å². The first-order valence-corrected chi connectivity index (χ1v) is 37.1. The molecule has 6 saturated heterocycles. The van der Waals surface area contributed by atoms with E-state index in [4.69, 9.17) is 56.8 Å². The van der Waals surface area contributed by atoms with E-state index < -0.39 is 168 Å². The molecule has 614 valence electrons. The Morgan fingerprint density at radius 1 is 0.430 bits per heavy atom. The van der Waals surface area contributed by atoms with Gasteiger partial charge in [-0.05, 0) is 177 Å². The molecule has 4 saturated carbocycles. The summed E-state index contributed by atoms with van der Waals surface area (Å²) < 4.78 is 228. The van der Waals surface area contributed by atoms with Crippen LogP contribution in [0.15, 0.2) is 0 Å². The molecular formula is C73H106F12O22. The van der Waals surface area contributed by atoms with Crippen LogP contribution in [0.3, 0.4) is 0 Å². The zero-order chi connectivity index (χ0) is 80.6. The lowest BCUT2D eigenvalue weighted by atomic mass is 9.75. The molecule has 0 bridgehead atoms. The minimum absolute atomic E-state index is 0.0197. The standard InChI is InChI=1S/2C22H26F6O9.C16H30O2.C13H24O2/c2*1-4-19(2,3)18(31)34-12-10-11(32-15(12)30)13-16(33-10)37-20(36-13)7-5-9(6-8-20)14(29)35-17(21(23,24)25)22(26,27)28;1-7-15(3,4)14(17)18-16(5,6)13-10-8-12(2)9-11-13;1-5-12(3,4)11(14)15-13(6-2)9-7-8-10-13/h2*9-13,16-17H,4-8H2,1-3H3;12-13H,7-11H2,1-6H3;5-10H2,1-4H3. The quantitative estimate of drug-likeness (QED) is 0.0701. The van der Waals surface area contributed by atoms with E-state index in [0.717, 1.165) is 38.0 Å². The first kappa shape index (κ1) is 88.9. The average molecular weight is 1560 g/mol. The van der Waals surface area contributed by atoms with Gasteiger partial charge >= 0.3 is 72.5 Å². The summed E-state index contributed by atoms with van der Waals surface area (Å²) in [6.07, 6.45) is -29.9. The molecule has 10 unspecified atom stereocenters. The van der Waals surface area contributed by atoms with Gasteiger partial charge in [0.2, 0.25) is 12.2 Å². The molecule has 0 aromatic heterocycles. The van der Waals surface area contributed by atoms with Gasteiger partial charge in [-0.1, -0.05) is 54.4 Å². The maximum absolute atomic E-state index is 12.7. The zero-order valence-corrected chi connectivity index (χ0v) is 63.6. The number of halogens is 12. The van der Waals surface area contributed by atoms with E-state index in [0.29, 0.717) is 18.8 Å². The van der Waals surface area contributed by atoms with Crippen LogP contribution < -0.4 is 0 Å². The molecule has 0 aromatic carbocycles. The maximum Gasteiger partial charge on any atom is 0.434 e. The molecule has 10 aliphatic rings. The normalized spacial score (nSPS) is 32.0. The highest BCUT2D eigenvalue weighted by molar-refractivity contribution is 5.85. The molecule has 22 nitrogen and oxygen atoms in total. The third-order valence-corrected chi connectivity index (χ3v) is 23.2. The van der Waals surface area contributed by atoms with E-state index in [9.17, 15) is 91.0 Å². The van der Waals surface area contributed by atoms with Crippen LogP contribution in [-0.2, 0) is 105 Å². The number of carbonyl (C=O) groups excluding carboxylic acids is 8. The number of carbonyl (C=O) groups is 8. The van der Waals surface area contributed by atoms with Gasteiger partial charge in [-0.2, -0.15) is 52.7 Å². The summed E-state index contributed by atoms with van der Waals surface area (Å²) in [6, 6.07) is 0. The van der Waals surface area contributed by atoms with E-state index in [1.807, 2.05) is 41.5 Å². The molecule has 6 aliphatic heterocycles. The second-order valence-corrected chi connectivity index (χ2v) is 33.0. The summed E-state index contributed by atoms with van der Waals surface area (Å²) in [7, 11) is 0. The van der Waals surface area contributed by atoms with Gasteiger partial charge in [0.05, 0.1) is 33.5 Å². The largest absolute Gasteiger partial charge is 0.459 e. The zero-order valence-electron chi connectivity index (χ0n) is 63.6. The van der Waals surface area contributed by atoms with Crippen LogP contribution in [0.4, 0.5) is 52.7 Å². The van der Waals surface area contributed by atoms with Crippen LogP contribution in [-0.4, -0.2) is 169 Å². The molecule has 0 amide bonds. The van der Waals surface area contributed by atoms with Crippen LogP contribution in [0.2, 0.25) is 0 Å². The lowest BCUT2D eigenvalue weighted by molar-refractivity contribution is -0.315. The molecule has 107 heavy (non-hydrogen) atoms. The highest BCUT2D eigenvalue weighted by Gasteiger charge is 2.69. The minimum atomic E-state index is -5.80. The maximum atomic E-state index is 12.7. The Morgan fingerprint density at radius 2 is 0.757 bits per heavy atom. The molecule has 34 heteroatoms. The van der Waals surface area contributed by atoms with Crippen molar-refractivity contribution in [1.29, 1.82) is 0 Å². The van der Waals surface area contributed by atoms with Gasteiger partial charge in [0.25, 0.3) is 12.2 Å². The monoisotopic (exact) mass is 1560 g/mol. The SMILES string of the molecule is CCC(C)(C)C(=O)OC(C)(C)C1CCC(C)CC1.CCC(C)(C)C(=O)OC1C(=O)OC2C3OC4(CCC(C(=O)OC(C(F)(F)F)C(F)(F)F)CC4)OC3OC12.CCC(C)(C)C(=O)OC1C(=O)OC2C3OC4(CCC(C(=O)OC(C(F)(F)F)C(F)(F)F)CC4)OC3OC12.CCC1(OC(=O)C(C)(C)CC)CCCC1. The Bertz CT molecular complexity index is 2940. The van der Waals surface area contributed by atoms with Gasteiger partial charge in [0, 0.05) is 25.7 Å². The second-order valence-electron chi connectivity index (χ2n) is 33.0. The lowest BCUT2D eigenvalue weighted by Crippen LogP contribution is -2.47. The van der Waals surface area contributed by atoms with Crippen molar-refractivity contribution in [3.8, 4) is 0 Å². The summed E-state index contributed by atoms with van der Waals surface area (Å²) >= 11 is 0. The Morgan fingerprint density at radius 3 is 1.07 bits per heavy atom. The lowest BCUT2D eigenvalue weighted by Gasteiger charge is -2.39. The van der Waals surface area contributed by atoms with E-state index in [-0.39, 0.29) is 85.3 Å². The number of alkyl halides is 12. The van der Waals surface area contributed by atoms with Crippen LogP contribution in [0, 0.1) is 45.3 Å². The van der Waals surface area contributed by atoms with Gasteiger partial charge in [0.1, 0.15) is 23.4 Å². The summed E-state index contributed by atoms with van der Waals surface area (Å²) in [5.41, 5.74) is -2.83. The van der Waals surface area contributed by atoms with Crippen LogP contribution in [0.1, 0.15) is 246 Å². The number of rotatable bonds is 18. The summed E-state index contributed by atoms with van der Waals surface area (Å²) in [6.45, 7) is 30.7. The Labute approximate surface area is 615 Å². The predicted molar refractivity (Wildman–Crippen MR) is 347 cm³/mol. The molecule has 0 N–H and O–H groups in total. The third kappa shape index (κ3) is 20.9. The first-order valence-electron chi connectivity index (χ1n) is 37.1. The van der Waals surface area contributed by atoms with E-state index in [2.05, 4.69) is 37.2 Å². The Hall–Kier alpha value is -5.32. The average Bonchev–Trinajstić information content (AvgIpc) is 1.58. The molecular weight excluding hydrogens is 1460 g/mol. The number of hydrogen-bond donors (Lipinski definition) is 0. The van der Waals surface area contributed by atoms with E-state index >= 15 is 0 Å². The molecule has 0 aromatic rings. The highest BCUT2D eigenvalue weighted by Crippen LogP contribution is 2.53. The number of fused-ring (bicyclic) bond motifs is 6. The molecule has 4 aliphatic carbocycles. The van der Waals surface area contributed by atoms with Crippen molar-refractivity contribution < 1.29 is 157 Å². The van der Waals surface area contributed by atoms with Crippen LogP contribution >= 0.6 is 0 Å². The second kappa shape index (κ2) is 33.2. The van der Waals surface area contributed by atoms with Gasteiger partial charge in [0.15, 0.2) is 48.6 Å². The number of esters is 8. The fourth-order valence-corrected chi connectivity index (χ4v) is 13.9. The number of hydrogen-bond acceptors (Lipinski definition) is 22. The smallest absolute Gasteiger partial charge is 0.434 e. The van der Waals surface area contributed by atoms with Crippen molar-refractivity contribution in [2.24, 2.45) is 45.3 Å². The fourth-order valence-electron chi connectivity index (χ4n) is 13.9. The predicted octanol–water partition coefficient (Wildman–Crippen LogP) is 14.9. The van der Waals surface area contributed by atoms with E-state index in [1.165, 1.54) is 38.5 Å². The summed E-state index contributed by atoms with van der Waals surface area (Å²) in [4.78, 5) is 97.9. The Balaban J connectivity index is 0.000000213.